The number of hydrogen-bond donors (Lipinski definition) is 0. The summed E-state index contributed by atoms with van der Waals surface area (Å²) in [6.07, 6.45) is 7.61. The maximum Gasteiger partial charge on any atom is 0.0127 e. The van der Waals surface area contributed by atoms with E-state index in [0.717, 1.165) is 6.04 Å². The molecule has 0 saturated heterocycles. The third-order valence-electron chi connectivity index (χ3n) is 2.66. The van der Waals surface area contributed by atoms with E-state index in [2.05, 4.69) is 32.0 Å². The van der Waals surface area contributed by atoms with Crippen LogP contribution >= 0.6 is 0 Å². The van der Waals surface area contributed by atoms with Crippen molar-refractivity contribution in [3.8, 4) is 0 Å². The largest absolute Gasteiger partial charge is 0.306 e. The van der Waals surface area contributed by atoms with Crippen LogP contribution in [0.25, 0.3) is 0 Å². The first-order valence-electron chi connectivity index (χ1n) is 4.58. The van der Waals surface area contributed by atoms with Crippen molar-refractivity contribution in [3.05, 3.63) is 11.6 Å². The summed E-state index contributed by atoms with van der Waals surface area (Å²) in [6, 6.07) is 0.797. The van der Waals surface area contributed by atoms with E-state index in [-0.39, 0.29) is 0 Å². The molecule has 0 amide bonds. The molecule has 11 heavy (non-hydrogen) atoms. The minimum Gasteiger partial charge on any atom is -0.306 e. The summed E-state index contributed by atoms with van der Waals surface area (Å²) in [7, 11) is 4.35. The molecule has 0 fully saturated rings. The Morgan fingerprint density at radius 3 is 2.64 bits per heavy atom. The van der Waals surface area contributed by atoms with Gasteiger partial charge in [0.2, 0.25) is 0 Å². The van der Waals surface area contributed by atoms with E-state index in [1.165, 1.54) is 25.7 Å². The van der Waals surface area contributed by atoms with Gasteiger partial charge in [-0.15, -0.1) is 0 Å². The summed E-state index contributed by atoms with van der Waals surface area (Å²) in [5, 5.41) is 0. The van der Waals surface area contributed by atoms with E-state index in [0.29, 0.717) is 0 Å². The Labute approximate surface area is 70.1 Å². The molecule has 0 saturated carbocycles. The molecule has 1 nitrogen and oxygen atoms in total. The third kappa shape index (κ3) is 2.33. The standard InChI is InChI=1S/C10H19N/c1-4-9-5-7-10(8-6-9)11(2)3/h5,10H,4,6-8H2,1-3H3/t10-/m0/s1. The first-order chi connectivity index (χ1) is 5.24. The Kier molecular flexibility index (Phi) is 3.13. The highest BCUT2D eigenvalue weighted by molar-refractivity contribution is 5.06. The molecule has 0 spiro atoms. The summed E-state index contributed by atoms with van der Waals surface area (Å²) in [5.41, 5.74) is 1.66. The van der Waals surface area contributed by atoms with Crippen molar-refractivity contribution < 1.29 is 0 Å². The van der Waals surface area contributed by atoms with Crippen LogP contribution in [0, 0.1) is 0 Å². The summed E-state index contributed by atoms with van der Waals surface area (Å²) in [6.45, 7) is 2.25. The summed E-state index contributed by atoms with van der Waals surface area (Å²) in [5.74, 6) is 0. The van der Waals surface area contributed by atoms with Crippen LogP contribution in [0.2, 0.25) is 0 Å². The second-order valence-electron chi connectivity index (χ2n) is 3.61. The normalized spacial score (nSPS) is 25.5. The zero-order valence-electron chi connectivity index (χ0n) is 7.93. The SMILES string of the molecule is CCC1=CC[C@H](N(C)C)CC1. The van der Waals surface area contributed by atoms with Gasteiger partial charge in [-0.3, -0.25) is 0 Å². The average molecular weight is 153 g/mol. The molecule has 0 aromatic heterocycles. The van der Waals surface area contributed by atoms with Gasteiger partial charge in [0.1, 0.15) is 0 Å². The number of allylic oxidation sites excluding steroid dienone is 1. The molecular weight excluding hydrogens is 134 g/mol. The first-order valence-corrected chi connectivity index (χ1v) is 4.58. The molecular formula is C10H19N. The molecule has 0 aromatic carbocycles. The van der Waals surface area contributed by atoms with Gasteiger partial charge in [0.05, 0.1) is 0 Å². The highest BCUT2D eigenvalue weighted by Gasteiger charge is 2.14. The van der Waals surface area contributed by atoms with Crippen LogP contribution in [-0.4, -0.2) is 25.0 Å². The van der Waals surface area contributed by atoms with Crippen LogP contribution in [-0.2, 0) is 0 Å². The Morgan fingerprint density at radius 2 is 2.27 bits per heavy atom. The molecule has 0 radical (unpaired) electrons. The van der Waals surface area contributed by atoms with Gasteiger partial charge in [0.25, 0.3) is 0 Å². The van der Waals surface area contributed by atoms with Gasteiger partial charge in [-0.1, -0.05) is 18.6 Å². The molecule has 1 heteroatoms. The Morgan fingerprint density at radius 1 is 1.55 bits per heavy atom. The van der Waals surface area contributed by atoms with Gasteiger partial charge < -0.3 is 4.90 Å². The quantitative estimate of drug-likeness (QED) is 0.551. The van der Waals surface area contributed by atoms with Gasteiger partial charge in [-0.25, -0.2) is 0 Å². The fourth-order valence-corrected chi connectivity index (χ4v) is 1.66. The predicted octanol–water partition coefficient (Wildman–Crippen LogP) is 2.44. The molecule has 0 aromatic rings. The molecule has 0 unspecified atom stereocenters. The smallest absolute Gasteiger partial charge is 0.0127 e. The van der Waals surface area contributed by atoms with Gasteiger partial charge in [0.15, 0.2) is 0 Å². The van der Waals surface area contributed by atoms with E-state index in [4.69, 9.17) is 0 Å². The maximum atomic E-state index is 2.42. The Balaban J connectivity index is 2.41. The Bertz CT molecular complexity index is 147. The van der Waals surface area contributed by atoms with E-state index in [1.807, 2.05) is 0 Å². The molecule has 1 rings (SSSR count). The van der Waals surface area contributed by atoms with Crippen LogP contribution in [0.5, 0.6) is 0 Å². The number of hydrogen-bond acceptors (Lipinski definition) is 1. The zero-order valence-corrected chi connectivity index (χ0v) is 7.93. The second-order valence-corrected chi connectivity index (χ2v) is 3.61. The average Bonchev–Trinajstić information content (AvgIpc) is 2.05. The lowest BCUT2D eigenvalue weighted by Gasteiger charge is -2.27. The lowest BCUT2D eigenvalue weighted by atomic mass is 9.93. The first kappa shape index (κ1) is 8.79. The van der Waals surface area contributed by atoms with E-state index < -0.39 is 0 Å². The fourth-order valence-electron chi connectivity index (χ4n) is 1.66. The topological polar surface area (TPSA) is 3.24 Å². The summed E-state index contributed by atoms with van der Waals surface area (Å²) < 4.78 is 0. The van der Waals surface area contributed by atoms with Crippen molar-refractivity contribution in [1.29, 1.82) is 0 Å². The van der Waals surface area contributed by atoms with Crippen molar-refractivity contribution >= 4 is 0 Å². The van der Waals surface area contributed by atoms with E-state index in [9.17, 15) is 0 Å². The van der Waals surface area contributed by atoms with Crippen LogP contribution in [0.3, 0.4) is 0 Å². The van der Waals surface area contributed by atoms with Gasteiger partial charge in [-0.2, -0.15) is 0 Å². The summed E-state index contributed by atoms with van der Waals surface area (Å²) >= 11 is 0. The number of rotatable bonds is 2. The van der Waals surface area contributed by atoms with E-state index >= 15 is 0 Å². The van der Waals surface area contributed by atoms with Crippen molar-refractivity contribution in [2.75, 3.05) is 14.1 Å². The van der Waals surface area contributed by atoms with Crippen molar-refractivity contribution in [2.24, 2.45) is 0 Å². The van der Waals surface area contributed by atoms with Gasteiger partial charge >= 0.3 is 0 Å². The number of nitrogens with zero attached hydrogens (tertiary/aromatic N) is 1. The lowest BCUT2D eigenvalue weighted by Crippen LogP contribution is -2.29. The van der Waals surface area contributed by atoms with Crippen LogP contribution < -0.4 is 0 Å². The van der Waals surface area contributed by atoms with E-state index in [1.54, 1.807) is 5.57 Å². The molecule has 0 N–H and O–H groups in total. The van der Waals surface area contributed by atoms with Crippen LogP contribution in [0.4, 0.5) is 0 Å². The molecule has 1 aliphatic rings. The second kappa shape index (κ2) is 3.91. The molecule has 0 heterocycles. The molecule has 0 aliphatic heterocycles. The third-order valence-corrected chi connectivity index (χ3v) is 2.66. The predicted molar refractivity (Wildman–Crippen MR) is 49.7 cm³/mol. The molecule has 64 valence electrons. The maximum absolute atomic E-state index is 2.42. The van der Waals surface area contributed by atoms with Crippen molar-refractivity contribution in [3.63, 3.8) is 0 Å². The minimum atomic E-state index is 0.797. The molecule has 0 bridgehead atoms. The Hall–Kier alpha value is -0.300. The minimum absolute atomic E-state index is 0.797. The summed E-state index contributed by atoms with van der Waals surface area (Å²) in [4.78, 5) is 2.34. The molecule has 1 aliphatic carbocycles. The van der Waals surface area contributed by atoms with Crippen LogP contribution in [0.1, 0.15) is 32.6 Å². The van der Waals surface area contributed by atoms with Gasteiger partial charge in [-0.05, 0) is 39.8 Å². The van der Waals surface area contributed by atoms with Crippen molar-refractivity contribution in [2.45, 2.75) is 38.6 Å². The monoisotopic (exact) mass is 153 g/mol. The highest BCUT2D eigenvalue weighted by Crippen LogP contribution is 2.22. The molecule has 1 atom stereocenters. The van der Waals surface area contributed by atoms with Crippen LogP contribution in [0.15, 0.2) is 11.6 Å². The fraction of sp³-hybridized carbons (Fsp3) is 0.800. The zero-order chi connectivity index (χ0) is 8.27. The van der Waals surface area contributed by atoms with Crippen molar-refractivity contribution in [1.82, 2.24) is 4.90 Å². The van der Waals surface area contributed by atoms with Gasteiger partial charge in [0, 0.05) is 6.04 Å². The highest BCUT2D eigenvalue weighted by atomic mass is 15.1. The lowest BCUT2D eigenvalue weighted by molar-refractivity contribution is 0.272.